The number of aliphatic hydroxyl groups excluding tert-OH is 4. The van der Waals surface area contributed by atoms with Crippen LogP contribution in [0.5, 0.6) is 17.2 Å². The second-order valence-corrected chi connectivity index (χ2v) is 15.3. The van der Waals surface area contributed by atoms with Crippen LogP contribution in [0.1, 0.15) is 41.0 Å². The second-order valence-electron chi connectivity index (χ2n) is 14.4. The summed E-state index contributed by atoms with van der Waals surface area (Å²) in [5, 5.41) is 44.7. The molecular formula is C44H52FN3O7S. The molecule has 6 rings (SSSR count). The zero-order valence-corrected chi connectivity index (χ0v) is 32.6. The number of aliphatic hydroxyl groups is 4. The predicted octanol–water partition coefficient (Wildman–Crippen LogP) is 6.36. The van der Waals surface area contributed by atoms with Gasteiger partial charge >= 0.3 is 0 Å². The molecule has 0 spiro atoms. The number of rotatable bonds is 20. The van der Waals surface area contributed by atoms with Crippen LogP contribution in [0.4, 0.5) is 4.39 Å². The molecule has 1 fully saturated rings. The molecule has 0 bridgehead atoms. The van der Waals surface area contributed by atoms with E-state index >= 15 is 0 Å². The maximum absolute atomic E-state index is 13.5. The highest BCUT2D eigenvalue weighted by Gasteiger charge is 2.27. The van der Waals surface area contributed by atoms with E-state index in [1.54, 1.807) is 18.2 Å². The molecule has 0 amide bonds. The van der Waals surface area contributed by atoms with E-state index in [0.29, 0.717) is 30.6 Å². The third-order valence-electron chi connectivity index (χ3n) is 10.5. The Balaban J connectivity index is 1.11. The Morgan fingerprint density at radius 3 is 2.32 bits per heavy atom. The Labute approximate surface area is 332 Å². The lowest BCUT2D eigenvalue weighted by atomic mass is 9.96. The highest BCUT2D eigenvalue weighted by Crippen LogP contribution is 2.32. The molecule has 0 atom stereocenters. The Hall–Kier alpha value is -4.40. The molecular weight excluding hydrogens is 734 g/mol. The van der Waals surface area contributed by atoms with Crippen LogP contribution in [-0.4, -0.2) is 88.5 Å². The Kier molecular flexibility index (Phi) is 14.8. The first-order valence-corrected chi connectivity index (χ1v) is 20.0. The number of halogens is 1. The van der Waals surface area contributed by atoms with Crippen molar-refractivity contribution in [2.75, 3.05) is 52.7 Å². The number of benzene rings is 4. The maximum Gasteiger partial charge on any atom is 0.140 e. The van der Waals surface area contributed by atoms with Crippen LogP contribution in [0.25, 0.3) is 22.4 Å². The van der Waals surface area contributed by atoms with Gasteiger partial charge in [0.2, 0.25) is 0 Å². The van der Waals surface area contributed by atoms with Crippen LogP contribution < -0.4 is 19.5 Å². The standard InChI is InChI=1S/C44H52FN3O7S/c1-31-36(6-3-8-40(31)34-5-2-7-38(21-34)53-20-4-17-48-18-15-32(24-49)16-19-48)25-54-39-14-11-35(23-46-44(28-50,29-51)30-52)42(22-39)55-26-43-47-41(27-56-43)33-9-12-37(45)13-10-33/h2-3,5-14,21-22,27,32,46,49-52H,4,15-20,23-26,28-30H2,1H3. The maximum atomic E-state index is 13.5. The molecule has 0 aliphatic carbocycles. The molecule has 0 saturated carbocycles. The largest absolute Gasteiger partial charge is 0.494 e. The normalized spacial score (nSPS) is 13.9. The minimum Gasteiger partial charge on any atom is -0.494 e. The summed E-state index contributed by atoms with van der Waals surface area (Å²) in [4.78, 5) is 7.13. The van der Waals surface area contributed by atoms with E-state index in [9.17, 15) is 24.8 Å². The van der Waals surface area contributed by atoms with Crippen molar-refractivity contribution in [1.82, 2.24) is 15.2 Å². The summed E-state index contributed by atoms with van der Waals surface area (Å²) in [6.07, 6.45) is 3.07. The summed E-state index contributed by atoms with van der Waals surface area (Å²) in [5.74, 6) is 2.08. The number of nitrogens with one attached hydrogen (secondary N) is 1. The number of ether oxygens (including phenoxy) is 3. The fraction of sp³-hybridized carbons (Fsp3) is 0.386. The topological polar surface area (TPSA) is 137 Å². The van der Waals surface area contributed by atoms with E-state index in [1.807, 2.05) is 35.7 Å². The van der Waals surface area contributed by atoms with Crippen molar-refractivity contribution in [2.45, 2.75) is 51.5 Å². The minimum atomic E-state index is -1.26. The van der Waals surface area contributed by atoms with Gasteiger partial charge in [-0.05, 0) is 110 Å². The molecule has 56 heavy (non-hydrogen) atoms. The van der Waals surface area contributed by atoms with Crippen molar-refractivity contribution in [3.8, 4) is 39.6 Å². The number of nitrogens with zero attached hydrogens (tertiary/aromatic N) is 2. The zero-order valence-electron chi connectivity index (χ0n) is 31.8. The number of piperidine rings is 1. The van der Waals surface area contributed by atoms with E-state index in [2.05, 4.69) is 46.4 Å². The number of hydrogen-bond acceptors (Lipinski definition) is 11. The molecule has 5 aromatic rings. The summed E-state index contributed by atoms with van der Waals surface area (Å²) < 4.78 is 32.3. The molecule has 298 valence electrons. The molecule has 12 heteroatoms. The number of aromatic nitrogens is 1. The molecule has 2 heterocycles. The Bertz CT molecular complexity index is 1970. The molecule has 0 radical (unpaired) electrons. The molecule has 0 unspecified atom stereocenters. The monoisotopic (exact) mass is 785 g/mol. The van der Waals surface area contributed by atoms with Gasteiger partial charge in [0.25, 0.3) is 0 Å². The molecule has 1 saturated heterocycles. The summed E-state index contributed by atoms with van der Waals surface area (Å²) in [7, 11) is 0. The lowest BCUT2D eigenvalue weighted by Gasteiger charge is -2.30. The molecule has 10 nitrogen and oxygen atoms in total. The third kappa shape index (κ3) is 10.9. The van der Waals surface area contributed by atoms with Crippen LogP contribution in [0.2, 0.25) is 0 Å². The number of hydrogen-bond donors (Lipinski definition) is 5. The predicted molar refractivity (Wildman–Crippen MR) is 216 cm³/mol. The van der Waals surface area contributed by atoms with Gasteiger partial charge in [0, 0.05) is 42.3 Å². The molecule has 1 aromatic heterocycles. The van der Waals surface area contributed by atoms with Gasteiger partial charge in [-0.3, -0.25) is 0 Å². The van der Waals surface area contributed by atoms with Crippen molar-refractivity contribution in [3.63, 3.8) is 0 Å². The highest BCUT2D eigenvalue weighted by molar-refractivity contribution is 7.09. The fourth-order valence-corrected chi connectivity index (χ4v) is 7.43. The Morgan fingerprint density at radius 2 is 1.57 bits per heavy atom. The van der Waals surface area contributed by atoms with E-state index in [-0.39, 0.29) is 25.6 Å². The van der Waals surface area contributed by atoms with Crippen molar-refractivity contribution in [3.05, 3.63) is 118 Å². The average Bonchev–Trinajstić information content (AvgIpc) is 3.72. The SMILES string of the molecule is Cc1c(COc2ccc(CNC(CO)(CO)CO)c(OCc3nc(-c4ccc(F)cc4)cs3)c2)cccc1-c1cccc(OCCCN2CCC(CO)CC2)c1. The zero-order chi connectivity index (χ0) is 39.3. The fourth-order valence-electron chi connectivity index (χ4n) is 6.71. The van der Waals surface area contributed by atoms with Crippen molar-refractivity contribution in [2.24, 2.45) is 5.92 Å². The van der Waals surface area contributed by atoms with E-state index < -0.39 is 25.4 Å². The first kappa shape index (κ1) is 41.2. The van der Waals surface area contributed by atoms with E-state index in [1.165, 1.54) is 23.5 Å². The van der Waals surface area contributed by atoms with Crippen LogP contribution in [0, 0.1) is 18.7 Å². The van der Waals surface area contributed by atoms with Gasteiger partial charge in [-0.25, -0.2) is 9.37 Å². The van der Waals surface area contributed by atoms with Gasteiger partial charge in [-0.15, -0.1) is 11.3 Å². The first-order chi connectivity index (χ1) is 27.3. The van der Waals surface area contributed by atoms with Gasteiger partial charge in [-0.1, -0.05) is 36.4 Å². The van der Waals surface area contributed by atoms with E-state index in [0.717, 1.165) is 88.7 Å². The summed E-state index contributed by atoms with van der Waals surface area (Å²) in [5.41, 5.74) is 5.29. The van der Waals surface area contributed by atoms with Gasteiger partial charge in [0.05, 0.1) is 37.7 Å². The number of thiazole rings is 1. The first-order valence-electron chi connectivity index (χ1n) is 19.1. The van der Waals surface area contributed by atoms with Gasteiger partial charge in [-0.2, -0.15) is 0 Å². The lowest BCUT2D eigenvalue weighted by molar-refractivity contribution is 0.0412. The second kappa shape index (κ2) is 20.1. The van der Waals surface area contributed by atoms with E-state index in [4.69, 9.17) is 14.2 Å². The minimum absolute atomic E-state index is 0.168. The van der Waals surface area contributed by atoms with Gasteiger partial charge < -0.3 is 44.9 Å². The number of likely N-dealkylation sites (tertiary alicyclic amines) is 1. The van der Waals surface area contributed by atoms with Crippen LogP contribution in [0.15, 0.2) is 90.3 Å². The highest BCUT2D eigenvalue weighted by atomic mass is 32.1. The quantitative estimate of drug-likeness (QED) is 0.0568. The van der Waals surface area contributed by atoms with Crippen LogP contribution >= 0.6 is 11.3 Å². The third-order valence-corrected chi connectivity index (χ3v) is 11.3. The summed E-state index contributed by atoms with van der Waals surface area (Å²) in [6, 6.07) is 26.1. The van der Waals surface area contributed by atoms with Gasteiger partial charge in [0.15, 0.2) is 0 Å². The molecule has 1 aliphatic rings. The van der Waals surface area contributed by atoms with Crippen molar-refractivity contribution >= 4 is 11.3 Å². The van der Waals surface area contributed by atoms with Crippen molar-refractivity contribution < 1.29 is 39.0 Å². The molecule has 5 N–H and O–H groups in total. The summed E-state index contributed by atoms with van der Waals surface area (Å²) >= 11 is 1.43. The molecule has 4 aromatic carbocycles. The van der Waals surface area contributed by atoms with Crippen LogP contribution in [-0.2, 0) is 19.8 Å². The van der Waals surface area contributed by atoms with Crippen molar-refractivity contribution in [1.29, 1.82) is 0 Å². The summed E-state index contributed by atoms with van der Waals surface area (Å²) in [6.45, 7) is 5.42. The molecule has 1 aliphatic heterocycles. The van der Waals surface area contributed by atoms with Gasteiger partial charge in [0.1, 0.15) is 41.3 Å². The van der Waals surface area contributed by atoms with Crippen LogP contribution in [0.3, 0.4) is 0 Å². The smallest absolute Gasteiger partial charge is 0.140 e. The average molecular weight is 786 g/mol. The Morgan fingerprint density at radius 1 is 0.821 bits per heavy atom. The lowest BCUT2D eigenvalue weighted by Crippen LogP contribution is -2.54.